The topological polar surface area (TPSA) is 18.8 Å². The molecule has 0 fully saturated rings. The number of hydrazone groups is 1. The van der Waals surface area contributed by atoms with Gasteiger partial charge >= 0.3 is 0 Å². The van der Waals surface area contributed by atoms with E-state index in [1.165, 1.54) is 28.0 Å². The lowest BCUT2D eigenvalue weighted by Gasteiger charge is -2.22. The van der Waals surface area contributed by atoms with Gasteiger partial charge in [-0.25, -0.2) is 5.01 Å². The van der Waals surface area contributed by atoms with Crippen molar-refractivity contribution < 1.29 is 0 Å². The normalized spacial score (nSPS) is 14.0. The van der Waals surface area contributed by atoms with Gasteiger partial charge in [0.2, 0.25) is 0 Å². The summed E-state index contributed by atoms with van der Waals surface area (Å²) < 4.78 is 0. The zero-order chi connectivity index (χ0) is 24.5. The number of rotatable bonds is 9. The highest BCUT2D eigenvalue weighted by molar-refractivity contribution is 5.92. The molecule has 0 heterocycles. The quantitative estimate of drug-likeness (QED) is 0.235. The van der Waals surface area contributed by atoms with Crippen molar-refractivity contribution >= 4 is 28.8 Å². The Morgan fingerprint density at radius 1 is 0.743 bits per heavy atom. The average Bonchev–Trinajstić information content (AvgIpc) is 2.92. The van der Waals surface area contributed by atoms with Crippen LogP contribution < -0.4 is 9.91 Å². The summed E-state index contributed by atoms with van der Waals surface area (Å²) in [5.74, 6) is 0. The minimum atomic E-state index is 1.01. The first-order chi connectivity index (χ1) is 17.2. The molecule has 0 aromatic heterocycles. The van der Waals surface area contributed by atoms with Gasteiger partial charge in [0, 0.05) is 25.0 Å². The standard InChI is InChI=1S/C32H35N3/c1-4-34(5-2)29-22-20-28(21-23-29)32(27-18-16-26(3)17-19-27)24-25-33-35(30-12-8-6-9-13-30)31-14-10-7-11-15-31/h6-16,18,20-25H,4-5,17,19H2,1-3H3. The molecule has 1 aliphatic carbocycles. The minimum Gasteiger partial charge on any atom is -0.372 e. The first-order valence-corrected chi connectivity index (χ1v) is 12.6. The van der Waals surface area contributed by atoms with Crippen molar-refractivity contribution in [3.63, 3.8) is 0 Å². The number of benzene rings is 3. The van der Waals surface area contributed by atoms with Crippen LogP contribution in [0.15, 0.2) is 119 Å². The number of allylic oxidation sites excluding steroid dienone is 6. The number of hydrogen-bond acceptors (Lipinski definition) is 3. The maximum Gasteiger partial charge on any atom is 0.0652 e. The molecule has 0 atom stereocenters. The van der Waals surface area contributed by atoms with Crippen molar-refractivity contribution in [2.45, 2.75) is 33.6 Å². The van der Waals surface area contributed by atoms with Gasteiger partial charge in [0.15, 0.2) is 0 Å². The third-order valence-electron chi connectivity index (χ3n) is 6.44. The summed E-state index contributed by atoms with van der Waals surface area (Å²) in [6.07, 6.45) is 10.7. The van der Waals surface area contributed by atoms with E-state index in [4.69, 9.17) is 5.10 Å². The molecular formula is C32H35N3. The van der Waals surface area contributed by atoms with Gasteiger partial charge in [0.25, 0.3) is 0 Å². The van der Waals surface area contributed by atoms with Gasteiger partial charge < -0.3 is 4.90 Å². The second kappa shape index (κ2) is 12.0. The minimum absolute atomic E-state index is 1.01. The zero-order valence-electron chi connectivity index (χ0n) is 21.1. The Bertz CT molecular complexity index is 1160. The van der Waals surface area contributed by atoms with E-state index in [1.54, 1.807) is 0 Å². The Kier molecular flexibility index (Phi) is 8.34. The van der Waals surface area contributed by atoms with E-state index in [-0.39, 0.29) is 0 Å². The van der Waals surface area contributed by atoms with Crippen molar-refractivity contribution in [2.75, 3.05) is 23.0 Å². The largest absolute Gasteiger partial charge is 0.372 e. The molecule has 0 N–H and O–H groups in total. The molecule has 0 saturated heterocycles. The Labute approximate surface area is 210 Å². The maximum absolute atomic E-state index is 4.89. The lowest BCUT2D eigenvalue weighted by Crippen LogP contribution is -2.21. The molecule has 0 bridgehead atoms. The first kappa shape index (κ1) is 24.3. The second-order valence-electron chi connectivity index (χ2n) is 8.75. The van der Waals surface area contributed by atoms with Crippen LogP contribution >= 0.6 is 0 Å². The SMILES string of the molecule is CCN(CC)c1ccc(C(=CC=NN(c2ccccc2)c2ccccc2)C2=CC=C(C)CC2)cc1. The molecule has 3 nitrogen and oxygen atoms in total. The van der Waals surface area contributed by atoms with Crippen LogP contribution in [0.2, 0.25) is 0 Å². The smallest absolute Gasteiger partial charge is 0.0652 e. The maximum atomic E-state index is 4.89. The van der Waals surface area contributed by atoms with Crippen molar-refractivity contribution in [1.82, 2.24) is 0 Å². The van der Waals surface area contributed by atoms with Crippen LogP contribution in [-0.4, -0.2) is 19.3 Å². The molecule has 0 amide bonds. The van der Waals surface area contributed by atoms with Gasteiger partial charge in [-0.2, -0.15) is 5.10 Å². The monoisotopic (exact) mass is 461 g/mol. The fourth-order valence-corrected chi connectivity index (χ4v) is 4.39. The molecule has 0 unspecified atom stereocenters. The molecule has 1 aliphatic rings. The van der Waals surface area contributed by atoms with E-state index in [0.29, 0.717) is 0 Å². The summed E-state index contributed by atoms with van der Waals surface area (Å²) in [6.45, 7) is 8.62. The Morgan fingerprint density at radius 3 is 1.86 bits per heavy atom. The highest BCUT2D eigenvalue weighted by Crippen LogP contribution is 2.32. The number of nitrogens with zero attached hydrogens (tertiary/aromatic N) is 3. The first-order valence-electron chi connectivity index (χ1n) is 12.6. The summed E-state index contributed by atoms with van der Waals surface area (Å²) in [5, 5.41) is 6.88. The lowest BCUT2D eigenvalue weighted by atomic mass is 9.89. The molecule has 0 spiro atoms. The Morgan fingerprint density at radius 2 is 1.34 bits per heavy atom. The van der Waals surface area contributed by atoms with Crippen LogP contribution in [0.1, 0.15) is 39.2 Å². The van der Waals surface area contributed by atoms with E-state index >= 15 is 0 Å². The molecule has 0 aliphatic heterocycles. The van der Waals surface area contributed by atoms with E-state index in [2.05, 4.69) is 92.4 Å². The summed E-state index contributed by atoms with van der Waals surface area (Å²) in [4.78, 5) is 2.37. The van der Waals surface area contributed by atoms with E-state index in [1.807, 2.05) is 47.6 Å². The molecule has 3 heteroatoms. The van der Waals surface area contributed by atoms with Gasteiger partial charge in [-0.05, 0) is 92.8 Å². The molecule has 4 rings (SSSR count). The number of anilines is 3. The molecule has 3 aromatic rings. The van der Waals surface area contributed by atoms with Crippen LogP contribution in [0.25, 0.3) is 5.57 Å². The van der Waals surface area contributed by atoms with Crippen LogP contribution in [0.4, 0.5) is 17.1 Å². The van der Waals surface area contributed by atoms with Crippen LogP contribution in [0, 0.1) is 0 Å². The second-order valence-corrected chi connectivity index (χ2v) is 8.75. The fraction of sp³-hybridized carbons (Fsp3) is 0.219. The van der Waals surface area contributed by atoms with Gasteiger partial charge in [-0.1, -0.05) is 66.3 Å². The highest BCUT2D eigenvalue weighted by Gasteiger charge is 2.12. The van der Waals surface area contributed by atoms with Crippen LogP contribution in [0.3, 0.4) is 0 Å². The van der Waals surface area contributed by atoms with Gasteiger partial charge in [-0.3, -0.25) is 0 Å². The summed E-state index contributed by atoms with van der Waals surface area (Å²) in [5.41, 5.74) is 8.55. The number of hydrogen-bond donors (Lipinski definition) is 0. The Balaban J connectivity index is 1.70. The predicted octanol–water partition coefficient (Wildman–Crippen LogP) is 8.41. The van der Waals surface area contributed by atoms with Crippen molar-refractivity contribution in [3.8, 4) is 0 Å². The van der Waals surface area contributed by atoms with Crippen LogP contribution in [0.5, 0.6) is 0 Å². The third-order valence-corrected chi connectivity index (χ3v) is 6.44. The van der Waals surface area contributed by atoms with E-state index in [0.717, 1.165) is 37.3 Å². The molecular weight excluding hydrogens is 426 g/mol. The molecule has 3 aromatic carbocycles. The molecule has 178 valence electrons. The molecule has 0 saturated carbocycles. The van der Waals surface area contributed by atoms with Gasteiger partial charge in [-0.15, -0.1) is 0 Å². The third kappa shape index (κ3) is 6.19. The molecule has 35 heavy (non-hydrogen) atoms. The van der Waals surface area contributed by atoms with Gasteiger partial charge in [0.05, 0.1) is 11.4 Å². The van der Waals surface area contributed by atoms with Crippen molar-refractivity contribution in [1.29, 1.82) is 0 Å². The Hall–Kier alpha value is -3.85. The number of para-hydroxylation sites is 2. The zero-order valence-corrected chi connectivity index (χ0v) is 21.1. The summed E-state index contributed by atoms with van der Waals surface area (Å²) in [6, 6.07) is 29.5. The van der Waals surface area contributed by atoms with Crippen molar-refractivity contribution in [3.05, 3.63) is 120 Å². The lowest BCUT2D eigenvalue weighted by molar-refractivity contribution is 0.866. The van der Waals surface area contributed by atoms with Gasteiger partial charge in [0.1, 0.15) is 0 Å². The van der Waals surface area contributed by atoms with Crippen molar-refractivity contribution in [2.24, 2.45) is 5.10 Å². The molecule has 0 radical (unpaired) electrons. The predicted molar refractivity (Wildman–Crippen MR) is 153 cm³/mol. The summed E-state index contributed by atoms with van der Waals surface area (Å²) in [7, 11) is 0. The van der Waals surface area contributed by atoms with E-state index < -0.39 is 0 Å². The highest BCUT2D eigenvalue weighted by atomic mass is 15.5. The van der Waals surface area contributed by atoms with Crippen LogP contribution in [-0.2, 0) is 0 Å². The summed E-state index contributed by atoms with van der Waals surface area (Å²) >= 11 is 0. The average molecular weight is 462 g/mol. The van der Waals surface area contributed by atoms with E-state index in [9.17, 15) is 0 Å². The fourth-order valence-electron chi connectivity index (χ4n) is 4.39.